The van der Waals surface area contributed by atoms with E-state index in [0.29, 0.717) is 0 Å². The second kappa shape index (κ2) is 14.7. The molecule has 2 aromatic rings. The molecule has 6 heteroatoms. The summed E-state index contributed by atoms with van der Waals surface area (Å²) in [6.07, 6.45) is 3.54. The predicted molar refractivity (Wildman–Crippen MR) is 116 cm³/mol. The van der Waals surface area contributed by atoms with Crippen LogP contribution in [0.2, 0.25) is 0 Å². The Kier molecular flexibility index (Phi) is 14.6. The predicted octanol–water partition coefficient (Wildman–Crippen LogP) is 7.26. The van der Waals surface area contributed by atoms with Crippen molar-refractivity contribution < 1.29 is 30.2 Å². The summed E-state index contributed by atoms with van der Waals surface area (Å²) in [6, 6.07) is 11.9. The van der Waals surface area contributed by atoms with Gasteiger partial charge in [-0.1, -0.05) is 65.0 Å². The van der Waals surface area contributed by atoms with Crippen LogP contribution in [-0.2, 0) is 30.2 Å². The van der Waals surface area contributed by atoms with E-state index in [4.69, 9.17) is 20.2 Å². The smallest absolute Gasteiger partial charge is 0 e. The van der Waals surface area contributed by atoms with Gasteiger partial charge in [-0.05, 0) is 48.1 Å². The van der Waals surface area contributed by atoms with Crippen LogP contribution in [0.4, 0.5) is 5.69 Å². The van der Waals surface area contributed by atoms with E-state index in [1.807, 2.05) is 43.3 Å². The molecule has 3 rings (SSSR count). The molecule has 2 nitrogen and oxygen atoms in total. The Labute approximate surface area is 196 Å². The third kappa shape index (κ3) is 8.66. The van der Waals surface area contributed by atoms with Crippen molar-refractivity contribution in [2.24, 2.45) is 34.6 Å². The van der Waals surface area contributed by atoms with Crippen molar-refractivity contribution in [3.8, 4) is 0 Å². The van der Waals surface area contributed by atoms with Crippen LogP contribution in [0.15, 0.2) is 47.6 Å². The molecule has 0 unspecified atom stereocenters. The molecule has 0 radical (unpaired) electrons. The summed E-state index contributed by atoms with van der Waals surface area (Å²) in [6.45, 7) is 14.0. The zero-order chi connectivity index (χ0) is 20.4. The Bertz CT molecular complexity index is 632. The number of hydrogen-bond donors (Lipinski definition) is 0. The van der Waals surface area contributed by atoms with Crippen molar-refractivity contribution in [2.45, 2.75) is 41.5 Å². The van der Waals surface area contributed by atoms with Crippen LogP contribution < -0.4 is 4.98 Å². The van der Waals surface area contributed by atoms with Crippen molar-refractivity contribution in [2.75, 3.05) is 0 Å². The number of aliphatic imine (C=N–C) groups is 1. The maximum absolute atomic E-state index is 4.76. The van der Waals surface area contributed by atoms with E-state index in [1.165, 1.54) is 5.56 Å². The fraction of sp³-hybridized carbons (Fsp3) is 0.500. The van der Waals surface area contributed by atoms with Crippen molar-refractivity contribution in [3.63, 3.8) is 0 Å². The molecule has 1 saturated carbocycles. The first-order valence-electron chi connectivity index (χ1n) is 9.36. The molecule has 0 saturated heterocycles. The molecule has 0 aliphatic heterocycles. The molecule has 1 aromatic carbocycles. The minimum Gasteiger partial charge on any atom is 0 e. The molecular weight excluding hydrogens is 475 g/mol. The molecule has 1 aliphatic carbocycles. The van der Waals surface area contributed by atoms with Gasteiger partial charge in [0.2, 0.25) is 0 Å². The molecule has 0 N–H and O–H groups in total. The molecule has 1 aromatic heterocycles. The standard InChI is InChI=1S/C12H11N2.C10H20.2ClH.2Fe/c1-10-5-2-3-7-12(10)14-9-11-6-4-8-13-11;1-6-7(2)9(4)10(5)8(6)3;;;;/h2-9H,1H3;6-10H,1-5H3;2*1H;;/q-1;;;;;+3/p-2. The second-order valence-electron chi connectivity index (χ2n) is 7.45. The molecule has 159 valence electrons. The summed E-state index contributed by atoms with van der Waals surface area (Å²) >= 11 is 0.194. The Morgan fingerprint density at radius 3 is 1.71 bits per heavy atom. The van der Waals surface area contributed by atoms with Gasteiger partial charge in [-0.3, -0.25) is 4.99 Å². The fourth-order valence-electron chi connectivity index (χ4n) is 3.63. The zero-order valence-electron chi connectivity index (χ0n) is 17.4. The molecule has 0 bridgehead atoms. The van der Waals surface area contributed by atoms with E-state index < -0.39 is 0 Å². The van der Waals surface area contributed by atoms with Gasteiger partial charge in [0, 0.05) is 23.3 Å². The number of aromatic nitrogens is 1. The van der Waals surface area contributed by atoms with Gasteiger partial charge in [-0.25, -0.2) is 0 Å². The van der Waals surface area contributed by atoms with Crippen LogP contribution in [0.1, 0.15) is 45.9 Å². The molecule has 1 fully saturated rings. The van der Waals surface area contributed by atoms with Crippen LogP contribution >= 0.6 is 20.2 Å². The minimum absolute atomic E-state index is 0. The van der Waals surface area contributed by atoms with E-state index in [1.54, 1.807) is 12.4 Å². The number of nitrogens with zero attached hydrogens (tertiary/aromatic N) is 2. The van der Waals surface area contributed by atoms with Crippen LogP contribution in [0.3, 0.4) is 0 Å². The summed E-state index contributed by atoms with van der Waals surface area (Å²) in [5.41, 5.74) is 3.07. The first-order chi connectivity index (χ1) is 12.8. The summed E-state index contributed by atoms with van der Waals surface area (Å²) in [5, 5.41) is 0. The molecular formula is C22H31Cl2Fe2N2. The second-order valence-corrected chi connectivity index (χ2v) is 9.28. The van der Waals surface area contributed by atoms with Gasteiger partial charge in [0.05, 0.1) is 5.69 Å². The molecule has 28 heavy (non-hydrogen) atoms. The van der Waals surface area contributed by atoms with Gasteiger partial charge in [0.25, 0.3) is 0 Å². The molecule has 0 amide bonds. The van der Waals surface area contributed by atoms with Gasteiger partial charge < -0.3 is 4.98 Å². The first kappa shape index (κ1) is 27.8. The third-order valence-electron chi connectivity index (χ3n) is 6.17. The van der Waals surface area contributed by atoms with Crippen molar-refractivity contribution in [3.05, 3.63) is 53.9 Å². The van der Waals surface area contributed by atoms with Gasteiger partial charge >= 0.3 is 33.3 Å². The third-order valence-corrected chi connectivity index (χ3v) is 6.17. The number of rotatable bonds is 2. The van der Waals surface area contributed by atoms with Crippen molar-refractivity contribution in [1.82, 2.24) is 4.98 Å². The topological polar surface area (TPSA) is 26.5 Å². The van der Waals surface area contributed by atoms with Crippen LogP contribution in [0.25, 0.3) is 0 Å². The van der Waals surface area contributed by atoms with Crippen LogP contribution in [-0.4, -0.2) is 6.21 Å². The average molecular weight is 506 g/mol. The van der Waals surface area contributed by atoms with E-state index in [9.17, 15) is 0 Å². The monoisotopic (exact) mass is 505 g/mol. The van der Waals surface area contributed by atoms with Gasteiger partial charge in [-0.2, -0.15) is 6.20 Å². The van der Waals surface area contributed by atoms with Crippen molar-refractivity contribution in [1.29, 1.82) is 0 Å². The van der Waals surface area contributed by atoms with Gasteiger partial charge in [0.1, 0.15) is 0 Å². The zero-order valence-corrected chi connectivity index (χ0v) is 21.1. The normalized spacial score (nSPS) is 25.9. The van der Waals surface area contributed by atoms with E-state index >= 15 is 0 Å². The summed E-state index contributed by atoms with van der Waals surface area (Å²) in [5.74, 6) is 4.68. The summed E-state index contributed by atoms with van der Waals surface area (Å²) < 4.78 is 0. The van der Waals surface area contributed by atoms with Crippen LogP contribution in [0.5, 0.6) is 0 Å². The average Bonchev–Trinajstić information content (AvgIpc) is 3.24. The largest absolute Gasteiger partial charge is 0 e. The maximum atomic E-state index is 4.76. The number of hydrogen-bond acceptors (Lipinski definition) is 1. The van der Waals surface area contributed by atoms with Crippen LogP contribution in [0, 0.1) is 36.5 Å². The Morgan fingerprint density at radius 1 is 0.857 bits per heavy atom. The van der Waals surface area contributed by atoms with E-state index in [0.717, 1.165) is 41.0 Å². The first-order valence-corrected chi connectivity index (χ1v) is 12.4. The van der Waals surface area contributed by atoms with Gasteiger partial charge in [-0.15, -0.1) is 5.69 Å². The number of benzene rings is 1. The fourth-order valence-corrected chi connectivity index (χ4v) is 3.63. The van der Waals surface area contributed by atoms with Crippen molar-refractivity contribution >= 4 is 32.1 Å². The molecule has 1 aliphatic rings. The Balaban J connectivity index is 0.000000461. The minimum atomic E-state index is 0. The Morgan fingerprint density at radius 2 is 1.32 bits per heavy atom. The molecule has 0 spiro atoms. The molecule has 0 atom stereocenters. The summed E-state index contributed by atoms with van der Waals surface area (Å²) in [4.78, 5) is 8.47. The number of aryl methyl sites for hydroxylation is 1. The maximum Gasteiger partial charge on any atom is 0 e. The molecule has 1 heterocycles. The SMILES string of the molecule is CC1C(C)C(C)C(C)C1C.Cc1ccccc1N=Cc1ccc[n-]1.[Cl][Fe+][Cl].[Fe]. The quantitative estimate of drug-likeness (QED) is 0.311. The summed E-state index contributed by atoms with van der Waals surface area (Å²) in [7, 11) is 9.53. The number of para-hydroxylation sites is 1. The van der Waals surface area contributed by atoms with E-state index in [-0.39, 0.29) is 30.2 Å². The number of halogens is 2. The Hall–Kier alpha value is -0.211. The van der Waals surface area contributed by atoms with Gasteiger partial charge in [0.15, 0.2) is 0 Å². The van der Waals surface area contributed by atoms with E-state index in [2.05, 4.69) is 44.6 Å².